The predicted octanol–water partition coefficient (Wildman–Crippen LogP) is 2.46. The van der Waals surface area contributed by atoms with Crippen molar-refractivity contribution in [3.8, 4) is 0 Å². The molecule has 1 amide bonds. The Bertz CT molecular complexity index is 687. The van der Waals surface area contributed by atoms with Crippen LogP contribution in [-0.2, 0) is 29.0 Å². The molecule has 7 heteroatoms. The number of carbonyl (C=O) groups is 1. The maximum Gasteiger partial charge on any atom is 0.230 e. The van der Waals surface area contributed by atoms with Gasteiger partial charge in [-0.2, -0.15) is 5.10 Å². The third kappa shape index (κ3) is 3.06. The molecule has 5 nitrogen and oxygen atoms in total. The maximum atomic E-state index is 13.0. The van der Waals surface area contributed by atoms with E-state index in [9.17, 15) is 9.18 Å². The number of nitrogens with one attached hydrogen (secondary N) is 2. The molecule has 0 saturated carbocycles. The average molecular weight is 310 g/mol. The number of aromatic nitrogens is 2. The summed E-state index contributed by atoms with van der Waals surface area (Å²) in [4.78, 5) is 12.0. The molecular formula is C14H13ClFN3O2. The lowest BCUT2D eigenvalue weighted by Gasteiger charge is -2.12. The molecule has 0 saturated heterocycles. The number of fused-ring (bicyclic) bond motifs is 1. The Kier molecular flexibility index (Phi) is 3.90. The van der Waals surface area contributed by atoms with E-state index in [0.29, 0.717) is 24.6 Å². The van der Waals surface area contributed by atoms with E-state index < -0.39 is 5.82 Å². The van der Waals surface area contributed by atoms with Crippen molar-refractivity contribution in [3.05, 3.63) is 45.9 Å². The molecule has 0 radical (unpaired) electrons. The van der Waals surface area contributed by atoms with Crippen LogP contribution in [0.2, 0.25) is 5.02 Å². The number of halogens is 2. The van der Waals surface area contributed by atoms with Gasteiger partial charge in [0.1, 0.15) is 5.82 Å². The van der Waals surface area contributed by atoms with Gasteiger partial charge in [0.05, 0.1) is 19.6 Å². The fraction of sp³-hybridized carbons (Fsp3) is 0.286. The normalized spacial score (nSPS) is 13.8. The fourth-order valence-corrected chi connectivity index (χ4v) is 2.46. The Balaban J connectivity index is 1.70. The Labute approximate surface area is 125 Å². The number of hydrogen-bond acceptors (Lipinski definition) is 3. The van der Waals surface area contributed by atoms with Crippen molar-refractivity contribution in [2.24, 2.45) is 0 Å². The quantitative estimate of drug-likeness (QED) is 0.915. The van der Waals surface area contributed by atoms with Crippen LogP contribution >= 0.6 is 11.6 Å². The van der Waals surface area contributed by atoms with Crippen LogP contribution in [0.15, 0.2) is 18.2 Å². The van der Waals surface area contributed by atoms with Crippen LogP contribution in [0.25, 0.3) is 0 Å². The van der Waals surface area contributed by atoms with E-state index in [1.54, 1.807) is 0 Å². The summed E-state index contributed by atoms with van der Waals surface area (Å²) in [5.74, 6) is -0.209. The lowest BCUT2D eigenvalue weighted by atomic mass is 10.1. The molecule has 110 valence electrons. The van der Waals surface area contributed by atoms with Gasteiger partial charge >= 0.3 is 0 Å². The molecule has 0 bridgehead atoms. The van der Waals surface area contributed by atoms with Crippen LogP contribution in [-0.4, -0.2) is 22.7 Å². The molecule has 1 aliphatic rings. The van der Waals surface area contributed by atoms with Crippen molar-refractivity contribution >= 4 is 23.3 Å². The average Bonchev–Trinajstić information content (AvgIpc) is 2.85. The number of nitrogens with zero attached hydrogens (tertiary/aromatic N) is 1. The lowest BCUT2D eigenvalue weighted by Crippen LogP contribution is -2.17. The highest BCUT2D eigenvalue weighted by atomic mass is 35.5. The zero-order valence-electron chi connectivity index (χ0n) is 11.1. The Hall–Kier alpha value is -1.92. The first-order chi connectivity index (χ1) is 10.1. The van der Waals surface area contributed by atoms with Crippen LogP contribution < -0.4 is 5.32 Å². The Morgan fingerprint density at radius 3 is 3.19 bits per heavy atom. The van der Waals surface area contributed by atoms with Gasteiger partial charge < -0.3 is 10.1 Å². The molecule has 1 aliphatic heterocycles. The molecule has 1 aromatic carbocycles. The summed E-state index contributed by atoms with van der Waals surface area (Å²) >= 11 is 5.91. The number of hydrogen-bond donors (Lipinski definition) is 2. The highest BCUT2D eigenvalue weighted by molar-refractivity contribution is 6.31. The van der Waals surface area contributed by atoms with Crippen molar-refractivity contribution in [2.45, 2.75) is 19.4 Å². The lowest BCUT2D eigenvalue weighted by molar-refractivity contribution is -0.115. The van der Waals surface area contributed by atoms with E-state index in [1.807, 2.05) is 0 Å². The molecule has 0 aliphatic carbocycles. The van der Waals surface area contributed by atoms with Crippen molar-refractivity contribution in [1.82, 2.24) is 10.2 Å². The zero-order chi connectivity index (χ0) is 14.8. The number of H-pyrrole nitrogens is 1. The summed E-state index contributed by atoms with van der Waals surface area (Å²) in [5, 5.41) is 9.94. The van der Waals surface area contributed by atoms with Gasteiger partial charge in [-0.3, -0.25) is 9.89 Å². The molecule has 0 atom stereocenters. The second-order valence-corrected chi connectivity index (χ2v) is 5.20. The van der Waals surface area contributed by atoms with Gasteiger partial charge in [-0.25, -0.2) is 4.39 Å². The molecule has 3 rings (SSSR count). The number of anilines is 1. The fourth-order valence-electron chi connectivity index (χ4n) is 2.23. The summed E-state index contributed by atoms with van der Waals surface area (Å²) in [5.41, 5.74) is 2.42. The third-order valence-corrected chi connectivity index (χ3v) is 3.67. The van der Waals surface area contributed by atoms with E-state index in [0.717, 1.165) is 17.7 Å². The number of benzene rings is 1. The number of amides is 1. The summed E-state index contributed by atoms with van der Waals surface area (Å²) in [7, 11) is 0. The molecule has 0 spiro atoms. The first-order valence-electron chi connectivity index (χ1n) is 6.51. The first kappa shape index (κ1) is 14.0. The van der Waals surface area contributed by atoms with Gasteiger partial charge in [0.2, 0.25) is 5.91 Å². The molecule has 2 N–H and O–H groups in total. The molecule has 21 heavy (non-hydrogen) atoms. The second kappa shape index (κ2) is 5.83. The van der Waals surface area contributed by atoms with Crippen molar-refractivity contribution < 1.29 is 13.9 Å². The van der Waals surface area contributed by atoms with E-state index in [2.05, 4.69) is 15.5 Å². The van der Waals surface area contributed by atoms with E-state index in [1.165, 1.54) is 18.2 Å². The number of carbonyl (C=O) groups excluding carboxylic acids is 1. The molecule has 2 heterocycles. The minimum atomic E-state index is -0.428. The Morgan fingerprint density at radius 2 is 2.38 bits per heavy atom. The van der Waals surface area contributed by atoms with Crippen LogP contribution in [0.5, 0.6) is 0 Å². The van der Waals surface area contributed by atoms with Gasteiger partial charge in [0, 0.05) is 22.7 Å². The molecular weight excluding hydrogens is 297 g/mol. The van der Waals surface area contributed by atoms with E-state index in [4.69, 9.17) is 16.3 Å². The van der Waals surface area contributed by atoms with Gasteiger partial charge in [0.15, 0.2) is 5.82 Å². The Morgan fingerprint density at radius 1 is 1.52 bits per heavy atom. The van der Waals surface area contributed by atoms with Crippen molar-refractivity contribution in [2.75, 3.05) is 11.9 Å². The predicted molar refractivity (Wildman–Crippen MR) is 75.7 cm³/mol. The molecule has 0 fully saturated rings. The van der Waals surface area contributed by atoms with Gasteiger partial charge in [-0.1, -0.05) is 17.7 Å². The summed E-state index contributed by atoms with van der Waals surface area (Å²) in [6.45, 7) is 1.08. The first-order valence-corrected chi connectivity index (χ1v) is 6.89. The topological polar surface area (TPSA) is 67.0 Å². The van der Waals surface area contributed by atoms with E-state index >= 15 is 0 Å². The highest BCUT2D eigenvalue weighted by Gasteiger charge is 2.19. The zero-order valence-corrected chi connectivity index (χ0v) is 11.8. The molecule has 1 aromatic heterocycles. The van der Waals surface area contributed by atoms with Gasteiger partial charge in [-0.05, 0) is 17.7 Å². The highest BCUT2D eigenvalue weighted by Crippen LogP contribution is 2.23. The standard InChI is InChI=1S/C14H13ClFN3O2/c15-11-6-9(16)2-1-8(11)5-13(20)17-14-10-7-21-4-3-12(10)18-19-14/h1-2,6H,3-5,7H2,(H2,17,18,19,20). The molecule has 2 aromatic rings. The SMILES string of the molecule is O=C(Cc1ccc(F)cc1Cl)Nc1n[nH]c2c1COCC2. The van der Waals surface area contributed by atoms with Crippen LogP contribution in [0.3, 0.4) is 0 Å². The number of aromatic amines is 1. The van der Waals surface area contributed by atoms with Crippen LogP contribution in [0.1, 0.15) is 16.8 Å². The van der Waals surface area contributed by atoms with Crippen LogP contribution in [0.4, 0.5) is 10.2 Å². The monoisotopic (exact) mass is 309 g/mol. The largest absolute Gasteiger partial charge is 0.376 e. The molecule has 0 unspecified atom stereocenters. The smallest absolute Gasteiger partial charge is 0.230 e. The van der Waals surface area contributed by atoms with Gasteiger partial charge in [-0.15, -0.1) is 0 Å². The van der Waals surface area contributed by atoms with Crippen molar-refractivity contribution in [3.63, 3.8) is 0 Å². The summed E-state index contributed by atoms with van der Waals surface area (Å²) in [6.07, 6.45) is 0.809. The van der Waals surface area contributed by atoms with Crippen molar-refractivity contribution in [1.29, 1.82) is 0 Å². The minimum absolute atomic E-state index is 0.0571. The third-order valence-electron chi connectivity index (χ3n) is 3.32. The summed E-state index contributed by atoms with van der Waals surface area (Å²) < 4.78 is 18.3. The number of rotatable bonds is 3. The summed E-state index contributed by atoms with van der Waals surface area (Å²) in [6, 6.07) is 3.97. The minimum Gasteiger partial charge on any atom is -0.376 e. The number of ether oxygens (including phenoxy) is 1. The van der Waals surface area contributed by atoms with E-state index in [-0.39, 0.29) is 17.4 Å². The maximum absolute atomic E-state index is 13.0. The second-order valence-electron chi connectivity index (χ2n) is 4.79. The van der Waals surface area contributed by atoms with Gasteiger partial charge in [0.25, 0.3) is 0 Å². The van der Waals surface area contributed by atoms with Crippen LogP contribution in [0, 0.1) is 5.82 Å².